The Bertz CT molecular complexity index is 408. The molecule has 1 aromatic carbocycles. The van der Waals surface area contributed by atoms with E-state index in [-0.39, 0.29) is 11.3 Å². The summed E-state index contributed by atoms with van der Waals surface area (Å²) in [4.78, 5) is 11.9. The van der Waals surface area contributed by atoms with Crippen LogP contribution < -0.4 is 10.6 Å². The molecule has 1 heterocycles. The Morgan fingerprint density at radius 2 is 2.11 bits per heavy atom. The minimum atomic E-state index is -0.0230. The number of carbonyl (C=O) groups excluding carboxylic acids is 1. The first-order valence-electron chi connectivity index (χ1n) is 7.11. The van der Waals surface area contributed by atoms with E-state index in [4.69, 9.17) is 0 Å². The van der Waals surface area contributed by atoms with Crippen LogP contribution in [0.5, 0.6) is 0 Å². The van der Waals surface area contributed by atoms with Crippen molar-refractivity contribution in [1.29, 1.82) is 0 Å². The molecule has 0 aromatic heterocycles. The normalized spacial score (nSPS) is 19.4. The second-order valence-corrected chi connectivity index (χ2v) is 6.09. The van der Waals surface area contributed by atoms with Gasteiger partial charge >= 0.3 is 0 Å². The van der Waals surface area contributed by atoms with Gasteiger partial charge in [-0.05, 0) is 31.0 Å². The summed E-state index contributed by atoms with van der Waals surface area (Å²) in [5, 5.41) is 6.38. The molecule has 3 heteroatoms. The van der Waals surface area contributed by atoms with Gasteiger partial charge in [-0.3, -0.25) is 4.79 Å². The van der Waals surface area contributed by atoms with Crippen LogP contribution in [0.1, 0.15) is 32.3 Å². The molecule has 1 aliphatic rings. The van der Waals surface area contributed by atoms with E-state index in [9.17, 15) is 4.79 Å². The summed E-state index contributed by atoms with van der Waals surface area (Å²) in [6.45, 7) is 7.05. The molecule has 1 atom stereocenters. The lowest BCUT2D eigenvalue weighted by atomic mass is 9.84. The van der Waals surface area contributed by atoms with E-state index in [1.54, 1.807) is 0 Å². The summed E-state index contributed by atoms with van der Waals surface area (Å²) >= 11 is 0. The van der Waals surface area contributed by atoms with E-state index in [0.29, 0.717) is 18.9 Å². The van der Waals surface area contributed by atoms with E-state index < -0.39 is 0 Å². The third kappa shape index (κ3) is 4.06. The minimum absolute atomic E-state index is 0.0230. The zero-order valence-electron chi connectivity index (χ0n) is 11.9. The first kappa shape index (κ1) is 14.1. The quantitative estimate of drug-likeness (QED) is 0.851. The molecule has 2 rings (SSSR count). The second-order valence-electron chi connectivity index (χ2n) is 6.09. The lowest BCUT2D eigenvalue weighted by Gasteiger charge is -2.26. The second kappa shape index (κ2) is 6.20. The number of rotatable bonds is 5. The number of amides is 1. The highest BCUT2D eigenvalue weighted by molar-refractivity contribution is 5.76. The van der Waals surface area contributed by atoms with E-state index in [1.807, 2.05) is 18.2 Å². The maximum absolute atomic E-state index is 11.9. The van der Waals surface area contributed by atoms with Crippen molar-refractivity contribution in [2.75, 3.05) is 19.6 Å². The van der Waals surface area contributed by atoms with Gasteiger partial charge in [0.25, 0.3) is 0 Å². The Labute approximate surface area is 115 Å². The summed E-state index contributed by atoms with van der Waals surface area (Å²) in [6.07, 6.45) is 1.77. The fourth-order valence-electron chi connectivity index (χ4n) is 2.53. The average Bonchev–Trinajstić information content (AvgIpc) is 2.90. The first-order chi connectivity index (χ1) is 9.08. The van der Waals surface area contributed by atoms with Gasteiger partial charge in [-0.1, -0.05) is 44.2 Å². The fourth-order valence-corrected chi connectivity index (χ4v) is 2.53. The summed E-state index contributed by atoms with van der Waals surface area (Å²) in [5.41, 5.74) is 1.24. The summed E-state index contributed by atoms with van der Waals surface area (Å²) < 4.78 is 0. The van der Waals surface area contributed by atoms with Crippen LogP contribution >= 0.6 is 0 Å². The maximum atomic E-state index is 11.9. The molecule has 1 unspecified atom stereocenters. The molecule has 1 aliphatic heterocycles. The molecule has 1 amide bonds. The van der Waals surface area contributed by atoms with Gasteiger partial charge in [0.15, 0.2) is 0 Å². The van der Waals surface area contributed by atoms with Crippen molar-refractivity contribution in [3.63, 3.8) is 0 Å². The van der Waals surface area contributed by atoms with Crippen molar-refractivity contribution in [2.45, 2.75) is 32.1 Å². The Morgan fingerprint density at radius 3 is 2.74 bits per heavy atom. The molecular formula is C16H24N2O. The van der Waals surface area contributed by atoms with E-state index in [0.717, 1.165) is 19.5 Å². The monoisotopic (exact) mass is 260 g/mol. The van der Waals surface area contributed by atoms with Gasteiger partial charge in [0.05, 0.1) is 0 Å². The zero-order chi connectivity index (χ0) is 13.7. The highest BCUT2D eigenvalue weighted by atomic mass is 16.1. The molecule has 0 radical (unpaired) electrons. The number of benzene rings is 1. The summed E-state index contributed by atoms with van der Waals surface area (Å²) in [5.74, 6) is 0.692. The summed E-state index contributed by atoms with van der Waals surface area (Å²) in [6, 6.07) is 10.3. The van der Waals surface area contributed by atoms with Crippen LogP contribution in [0.2, 0.25) is 0 Å². The van der Waals surface area contributed by atoms with Gasteiger partial charge in [0.1, 0.15) is 0 Å². The Kier molecular flexibility index (Phi) is 4.59. The highest BCUT2D eigenvalue weighted by Gasteiger charge is 2.23. The van der Waals surface area contributed by atoms with Crippen LogP contribution in [-0.4, -0.2) is 25.5 Å². The van der Waals surface area contributed by atoms with Crippen molar-refractivity contribution in [3.8, 4) is 0 Å². The molecule has 1 fully saturated rings. The molecular weight excluding hydrogens is 236 g/mol. The molecule has 2 N–H and O–H groups in total. The van der Waals surface area contributed by atoms with Gasteiger partial charge in [-0.15, -0.1) is 0 Å². The standard InChI is InChI=1S/C16H24N2O/c1-16(2,14-6-4-3-5-7-14)12-18-15(19)10-13-8-9-17-11-13/h3-7,13,17H,8-12H2,1-2H3,(H,18,19). The van der Waals surface area contributed by atoms with Gasteiger partial charge in [-0.25, -0.2) is 0 Å². The third-order valence-electron chi connectivity index (χ3n) is 3.92. The van der Waals surface area contributed by atoms with Crippen molar-refractivity contribution in [3.05, 3.63) is 35.9 Å². The Morgan fingerprint density at radius 1 is 1.37 bits per heavy atom. The highest BCUT2D eigenvalue weighted by Crippen LogP contribution is 2.22. The molecule has 104 valence electrons. The van der Waals surface area contributed by atoms with Crippen LogP contribution in [-0.2, 0) is 10.2 Å². The van der Waals surface area contributed by atoms with Gasteiger partial charge in [-0.2, -0.15) is 0 Å². The predicted octanol–water partition coefficient (Wildman–Crippen LogP) is 2.08. The number of hydrogen-bond acceptors (Lipinski definition) is 2. The lowest BCUT2D eigenvalue weighted by molar-refractivity contribution is -0.122. The van der Waals surface area contributed by atoms with Gasteiger partial charge in [0, 0.05) is 18.4 Å². The Hall–Kier alpha value is -1.35. The Balaban J connectivity index is 1.82. The smallest absolute Gasteiger partial charge is 0.220 e. The molecule has 0 saturated carbocycles. The van der Waals surface area contributed by atoms with Crippen molar-refractivity contribution in [1.82, 2.24) is 10.6 Å². The van der Waals surface area contributed by atoms with Crippen molar-refractivity contribution in [2.24, 2.45) is 5.92 Å². The first-order valence-corrected chi connectivity index (χ1v) is 7.11. The molecule has 0 spiro atoms. The predicted molar refractivity (Wildman–Crippen MR) is 78.1 cm³/mol. The SMILES string of the molecule is CC(C)(CNC(=O)CC1CCNC1)c1ccccc1. The summed E-state index contributed by atoms with van der Waals surface area (Å²) in [7, 11) is 0. The van der Waals surface area contributed by atoms with Crippen molar-refractivity contribution < 1.29 is 4.79 Å². The van der Waals surface area contributed by atoms with Gasteiger partial charge < -0.3 is 10.6 Å². The average molecular weight is 260 g/mol. The van der Waals surface area contributed by atoms with E-state index in [2.05, 4.69) is 36.6 Å². The number of nitrogens with one attached hydrogen (secondary N) is 2. The zero-order valence-corrected chi connectivity index (χ0v) is 11.9. The topological polar surface area (TPSA) is 41.1 Å². The number of hydrogen-bond donors (Lipinski definition) is 2. The van der Waals surface area contributed by atoms with E-state index in [1.165, 1.54) is 5.56 Å². The third-order valence-corrected chi connectivity index (χ3v) is 3.92. The lowest BCUT2D eigenvalue weighted by Crippen LogP contribution is -2.37. The van der Waals surface area contributed by atoms with Gasteiger partial charge in [0.2, 0.25) is 5.91 Å². The molecule has 3 nitrogen and oxygen atoms in total. The number of carbonyl (C=O) groups is 1. The fraction of sp³-hybridized carbons (Fsp3) is 0.562. The molecule has 19 heavy (non-hydrogen) atoms. The molecule has 1 saturated heterocycles. The van der Waals surface area contributed by atoms with Crippen LogP contribution in [0.4, 0.5) is 0 Å². The molecule has 1 aromatic rings. The van der Waals surface area contributed by atoms with E-state index >= 15 is 0 Å². The molecule has 0 bridgehead atoms. The molecule has 0 aliphatic carbocycles. The van der Waals surface area contributed by atoms with Crippen LogP contribution in [0.3, 0.4) is 0 Å². The van der Waals surface area contributed by atoms with Crippen LogP contribution in [0.15, 0.2) is 30.3 Å². The maximum Gasteiger partial charge on any atom is 0.220 e. The van der Waals surface area contributed by atoms with Crippen molar-refractivity contribution >= 4 is 5.91 Å². The minimum Gasteiger partial charge on any atom is -0.355 e. The van der Waals surface area contributed by atoms with Crippen LogP contribution in [0.25, 0.3) is 0 Å². The van der Waals surface area contributed by atoms with Crippen LogP contribution in [0, 0.1) is 5.92 Å². The largest absolute Gasteiger partial charge is 0.355 e.